The average molecular weight is 271 g/mol. The van der Waals surface area contributed by atoms with E-state index in [1.165, 1.54) is 19.5 Å². The van der Waals surface area contributed by atoms with Gasteiger partial charge < -0.3 is 10.1 Å². The number of nitrogens with zero attached hydrogens (tertiary/aromatic N) is 2. The van der Waals surface area contributed by atoms with E-state index in [1.54, 1.807) is 31.2 Å². The SMILES string of the molecule is COC(=O)c1ccccc1NC(=O)c1cnc(C)cn1. The maximum absolute atomic E-state index is 12.0. The van der Waals surface area contributed by atoms with E-state index >= 15 is 0 Å². The summed E-state index contributed by atoms with van der Waals surface area (Å²) in [6, 6.07) is 6.59. The number of aryl methyl sites for hydroxylation is 1. The van der Waals surface area contributed by atoms with E-state index in [9.17, 15) is 9.59 Å². The highest BCUT2D eigenvalue weighted by molar-refractivity contribution is 6.06. The molecule has 0 bridgehead atoms. The number of carbonyl (C=O) groups excluding carboxylic acids is 2. The van der Waals surface area contributed by atoms with Crippen LogP contribution in [0.3, 0.4) is 0 Å². The second-order valence-corrected chi connectivity index (χ2v) is 4.03. The predicted molar refractivity (Wildman–Crippen MR) is 72.5 cm³/mol. The first kappa shape index (κ1) is 13.7. The molecule has 0 saturated carbocycles. The first-order chi connectivity index (χ1) is 9.61. The van der Waals surface area contributed by atoms with Crippen molar-refractivity contribution in [3.05, 3.63) is 53.6 Å². The largest absolute Gasteiger partial charge is 0.465 e. The molecule has 1 N–H and O–H groups in total. The fourth-order valence-corrected chi connectivity index (χ4v) is 1.58. The van der Waals surface area contributed by atoms with Crippen molar-refractivity contribution in [2.45, 2.75) is 6.92 Å². The molecule has 1 amide bonds. The van der Waals surface area contributed by atoms with E-state index in [4.69, 9.17) is 0 Å². The lowest BCUT2D eigenvalue weighted by Gasteiger charge is -2.09. The first-order valence-corrected chi connectivity index (χ1v) is 5.89. The predicted octanol–water partition coefficient (Wildman–Crippen LogP) is 1.82. The Hall–Kier alpha value is -2.76. The van der Waals surface area contributed by atoms with Gasteiger partial charge in [0.2, 0.25) is 0 Å². The monoisotopic (exact) mass is 271 g/mol. The third kappa shape index (κ3) is 2.97. The van der Waals surface area contributed by atoms with Crippen molar-refractivity contribution in [1.82, 2.24) is 9.97 Å². The first-order valence-electron chi connectivity index (χ1n) is 5.89. The Morgan fingerprint density at radius 1 is 1.15 bits per heavy atom. The summed E-state index contributed by atoms with van der Waals surface area (Å²) in [5.41, 5.74) is 1.54. The molecule has 0 saturated heterocycles. The lowest BCUT2D eigenvalue weighted by atomic mass is 10.1. The number of aromatic nitrogens is 2. The maximum atomic E-state index is 12.0. The van der Waals surface area contributed by atoms with Gasteiger partial charge in [0.1, 0.15) is 5.69 Å². The van der Waals surface area contributed by atoms with Crippen LogP contribution in [0.15, 0.2) is 36.7 Å². The van der Waals surface area contributed by atoms with Gasteiger partial charge in [-0.3, -0.25) is 9.78 Å². The van der Waals surface area contributed by atoms with E-state index in [-0.39, 0.29) is 11.3 Å². The van der Waals surface area contributed by atoms with Crippen LogP contribution in [0.2, 0.25) is 0 Å². The van der Waals surface area contributed by atoms with Crippen molar-refractivity contribution in [1.29, 1.82) is 0 Å². The van der Waals surface area contributed by atoms with Crippen molar-refractivity contribution in [2.24, 2.45) is 0 Å². The number of para-hydroxylation sites is 1. The summed E-state index contributed by atoms with van der Waals surface area (Å²) in [6.07, 6.45) is 2.88. The van der Waals surface area contributed by atoms with Gasteiger partial charge in [-0.1, -0.05) is 12.1 Å². The third-order valence-electron chi connectivity index (χ3n) is 2.59. The Balaban J connectivity index is 2.24. The molecule has 0 aliphatic heterocycles. The fraction of sp³-hybridized carbons (Fsp3) is 0.143. The van der Waals surface area contributed by atoms with Gasteiger partial charge in [-0.15, -0.1) is 0 Å². The maximum Gasteiger partial charge on any atom is 0.339 e. The van der Waals surface area contributed by atoms with Crippen LogP contribution < -0.4 is 5.32 Å². The van der Waals surface area contributed by atoms with Gasteiger partial charge in [0.15, 0.2) is 0 Å². The lowest BCUT2D eigenvalue weighted by Crippen LogP contribution is -2.16. The van der Waals surface area contributed by atoms with Crippen LogP contribution in [0.25, 0.3) is 0 Å². The number of carbonyl (C=O) groups is 2. The van der Waals surface area contributed by atoms with Gasteiger partial charge >= 0.3 is 5.97 Å². The number of benzene rings is 1. The van der Waals surface area contributed by atoms with Gasteiger partial charge in [-0.25, -0.2) is 9.78 Å². The Kier molecular flexibility index (Phi) is 4.05. The molecule has 0 aliphatic rings. The number of anilines is 1. The van der Waals surface area contributed by atoms with Gasteiger partial charge in [-0.05, 0) is 19.1 Å². The van der Waals surface area contributed by atoms with Crippen molar-refractivity contribution in [3.8, 4) is 0 Å². The Bertz CT molecular complexity index is 638. The third-order valence-corrected chi connectivity index (χ3v) is 2.59. The Morgan fingerprint density at radius 2 is 1.90 bits per heavy atom. The van der Waals surface area contributed by atoms with Crippen LogP contribution in [-0.4, -0.2) is 29.0 Å². The highest BCUT2D eigenvalue weighted by Crippen LogP contribution is 2.16. The number of ether oxygens (including phenoxy) is 1. The molecule has 1 heterocycles. The fourth-order valence-electron chi connectivity index (χ4n) is 1.58. The number of amides is 1. The molecule has 0 spiro atoms. The zero-order valence-electron chi connectivity index (χ0n) is 11.1. The number of hydrogen-bond acceptors (Lipinski definition) is 5. The van der Waals surface area contributed by atoms with Crippen LogP contribution in [0.4, 0.5) is 5.69 Å². The quantitative estimate of drug-likeness (QED) is 0.861. The standard InChI is InChI=1S/C14H13N3O3/c1-9-7-16-12(8-15-9)13(18)17-11-6-4-3-5-10(11)14(19)20-2/h3-8H,1-2H3,(H,17,18). The molecular weight excluding hydrogens is 258 g/mol. The zero-order valence-corrected chi connectivity index (χ0v) is 11.1. The molecule has 102 valence electrons. The van der Waals surface area contributed by atoms with Crippen LogP contribution in [0.5, 0.6) is 0 Å². The van der Waals surface area contributed by atoms with Crippen LogP contribution >= 0.6 is 0 Å². The summed E-state index contributed by atoms with van der Waals surface area (Å²) >= 11 is 0. The summed E-state index contributed by atoms with van der Waals surface area (Å²) in [5.74, 6) is -0.954. The average Bonchev–Trinajstić information content (AvgIpc) is 2.47. The minimum absolute atomic E-state index is 0.176. The normalized spacial score (nSPS) is 9.90. The van der Waals surface area contributed by atoms with Crippen molar-refractivity contribution in [3.63, 3.8) is 0 Å². The van der Waals surface area contributed by atoms with Crippen molar-refractivity contribution >= 4 is 17.6 Å². The number of rotatable bonds is 3. The summed E-state index contributed by atoms with van der Waals surface area (Å²) in [4.78, 5) is 31.6. The summed E-state index contributed by atoms with van der Waals surface area (Å²) in [6.45, 7) is 1.78. The molecule has 20 heavy (non-hydrogen) atoms. The minimum Gasteiger partial charge on any atom is -0.465 e. The second kappa shape index (κ2) is 5.92. The van der Waals surface area contributed by atoms with Crippen molar-refractivity contribution < 1.29 is 14.3 Å². The molecular formula is C14H13N3O3. The molecule has 2 rings (SSSR count). The molecule has 0 radical (unpaired) electrons. The molecule has 0 fully saturated rings. The van der Waals surface area contributed by atoms with E-state index < -0.39 is 11.9 Å². The molecule has 2 aromatic rings. The summed E-state index contributed by atoms with van der Waals surface area (Å²) in [7, 11) is 1.28. The zero-order chi connectivity index (χ0) is 14.5. The highest BCUT2D eigenvalue weighted by atomic mass is 16.5. The van der Waals surface area contributed by atoms with Gasteiger partial charge in [-0.2, -0.15) is 0 Å². The van der Waals surface area contributed by atoms with E-state index in [0.717, 1.165) is 5.69 Å². The smallest absolute Gasteiger partial charge is 0.339 e. The van der Waals surface area contributed by atoms with Crippen molar-refractivity contribution in [2.75, 3.05) is 12.4 Å². The minimum atomic E-state index is -0.518. The number of hydrogen-bond donors (Lipinski definition) is 1. The van der Waals surface area contributed by atoms with E-state index in [1.807, 2.05) is 0 Å². The molecule has 6 nitrogen and oxygen atoms in total. The molecule has 0 aliphatic carbocycles. The molecule has 6 heteroatoms. The van der Waals surface area contributed by atoms with Gasteiger partial charge in [0.25, 0.3) is 5.91 Å². The molecule has 1 aromatic heterocycles. The Labute approximate surface area is 115 Å². The van der Waals surface area contributed by atoms with Crippen LogP contribution in [0, 0.1) is 6.92 Å². The van der Waals surface area contributed by atoms with Crippen LogP contribution in [0.1, 0.15) is 26.5 Å². The van der Waals surface area contributed by atoms with Gasteiger partial charge in [0.05, 0.1) is 30.3 Å². The summed E-state index contributed by atoms with van der Waals surface area (Å²) < 4.78 is 4.66. The van der Waals surface area contributed by atoms with E-state index in [2.05, 4.69) is 20.0 Å². The second-order valence-electron chi connectivity index (χ2n) is 4.03. The van der Waals surface area contributed by atoms with Gasteiger partial charge in [0, 0.05) is 6.20 Å². The van der Waals surface area contributed by atoms with E-state index in [0.29, 0.717) is 5.69 Å². The molecule has 0 atom stereocenters. The highest BCUT2D eigenvalue weighted by Gasteiger charge is 2.14. The Morgan fingerprint density at radius 3 is 2.55 bits per heavy atom. The summed E-state index contributed by atoms with van der Waals surface area (Å²) in [5, 5.41) is 2.62. The number of nitrogens with one attached hydrogen (secondary N) is 1. The lowest BCUT2D eigenvalue weighted by molar-refractivity contribution is 0.0602. The molecule has 0 unspecified atom stereocenters. The topological polar surface area (TPSA) is 81.2 Å². The number of methoxy groups -OCH3 is 1. The number of esters is 1. The molecule has 1 aromatic carbocycles. The van der Waals surface area contributed by atoms with Crippen LogP contribution in [-0.2, 0) is 4.74 Å².